The van der Waals surface area contributed by atoms with Crippen LogP contribution in [0.3, 0.4) is 0 Å². The van der Waals surface area contributed by atoms with E-state index in [4.69, 9.17) is 0 Å². The Bertz CT molecular complexity index is 361. The van der Waals surface area contributed by atoms with Crippen molar-refractivity contribution in [1.29, 1.82) is 0 Å². The van der Waals surface area contributed by atoms with Crippen molar-refractivity contribution in [2.75, 3.05) is 32.1 Å². The van der Waals surface area contributed by atoms with E-state index in [2.05, 4.69) is 28.9 Å². The third-order valence-corrected chi connectivity index (χ3v) is 3.66. The monoisotopic (exact) mass is 235 g/mol. The Hall–Kier alpha value is -1.13. The predicted octanol–water partition coefficient (Wildman–Crippen LogP) is 1.10. The highest BCUT2D eigenvalue weighted by Crippen LogP contribution is 2.24. The topological polar surface area (TPSA) is 39.6 Å². The molecule has 0 atom stereocenters. The lowest BCUT2D eigenvalue weighted by Gasteiger charge is -2.37. The van der Waals surface area contributed by atoms with E-state index >= 15 is 0 Å². The number of hydrogen-bond donors (Lipinski definition) is 1. The molecule has 1 aromatic rings. The summed E-state index contributed by atoms with van der Waals surface area (Å²) >= 11 is 0. The number of hydrogen-bond acceptors (Lipinski definition) is 4. The third-order valence-electron chi connectivity index (χ3n) is 3.66. The second kappa shape index (κ2) is 5.47. The molecular weight excluding hydrogens is 214 g/mol. The van der Waals surface area contributed by atoms with Crippen molar-refractivity contribution in [3.8, 4) is 0 Å². The Morgan fingerprint density at radius 2 is 2.18 bits per heavy atom. The molecule has 2 rings (SSSR count). The Kier molecular flexibility index (Phi) is 3.97. The lowest BCUT2D eigenvalue weighted by molar-refractivity contribution is 0.251. The average Bonchev–Trinajstić information content (AvgIpc) is 2.39. The minimum Gasteiger partial charge on any atom is -0.392 e. The molecule has 17 heavy (non-hydrogen) atoms. The summed E-state index contributed by atoms with van der Waals surface area (Å²) in [5.41, 5.74) is 2.02. The van der Waals surface area contributed by atoms with Crippen LogP contribution >= 0.6 is 0 Å². The molecule has 0 spiro atoms. The molecule has 0 saturated carbocycles. The lowest BCUT2D eigenvalue weighted by Crippen LogP contribution is -2.42. The molecule has 1 fully saturated rings. The van der Waals surface area contributed by atoms with Gasteiger partial charge in [-0.3, -0.25) is 4.98 Å². The van der Waals surface area contributed by atoms with Crippen molar-refractivity contribution in [2.24, 2.45) is 0 Å². The van der Waals surface area contributed by atoms with Crippen molar-refractivity contribution in [2.45, 2.75) is 25.5 Å². The van der Waals surface area contributed by atoms with E-state index < -0.39 is 0 Å². The molecule has 94 valence electrons. The van der Waals surface area contributed by atoms with Crippen LogP contribution in [0.5, 0.6) is 0 Å². The molecule has 0 radical (unpaired) electrons. The number of aromatic nitrogens is 1. The highest BCUT2D eigenvalue weighted by molar-refractivity contribution is 5.52. The summed E-state index contributed by atoms with van der Waals surface area (Å²) in [5.74, 6) is 0. The summed E-state index contributed by atoms with van der Waals surface area (Å²) in [6.45, 7) is 2.35. The molecule has 4 nitrogen and oxygen atoms in total. The van der Waals surface area contributed by atoms with Crippen LogP contribution in [-0.2, 0) is 6.61 Å². The van der Waals surface area contributed by atoms with Crippen LogP contribution < -0.4 is 4.90 Å². The SMILES string of the molecule is CN1CCC(N(C)c2ccncc2CO)CC1. The number of aliphatic hydroxyl groups excluding tert-OH is 1. The molecule has 1 N–H and O–H groups in total. The predicted molar refractivity (Wildman–Crippen MR) is 69.1 cm³/mol. The van der Waals surface area contributed by atoms with Crippen LogP contribution in [0, 0.1) is 0 Å². The summed E-state index contributed by atoms with van der Waals surface area (Å²) in [6.07, 6.45) is 5.90. The summed E-state index contributed by atoms with van der Waals surface area (Å²) < 4.78 is 0. The first-order chi connectivity index (χ1) is 8.22. The summed E-state index contributed by atoms with van der Waals surface area (Å²) in [7, 11) is 4.28. The second-order valence-corrected chi connectivity index (χ2v) is 4.81. The molecule has 1 aliphatic heterocycles. The van der Waals surface area contributed by atoms with Crippen LogP contribution in [0.2, 0.25) is 0 Å². The second-order valence-electron chi connectivity index (χ2n) is 4.81. The number of pyridine rings is 1. The smallest absolute Gasteiger partial charge is 0.0717 e. The average molecular weight is 235 g/mol. The van der Waals surface area contributed by atoms with Gasteiger partial charge in [-0.1, -0.05) is 0 Å². The molecule has 0 bridgehead atoms. The zero-order chi connectivity index (χ0) is 12.3. The number of anilines is 1. The van der Waals surface area contributed by atoms with Crippen molar-refractivity contribution in [3.05, 3.63) is 24.0 Å². The summed E-state index contributed by atoms with van der Waals surface area (Å²) in [6, 6.07) is 2.56. The van der Waals surface area contributed by atoms with Gasteiger partial charge in [0.25, 0.3) is 0 Å². The van der Waals surface area contributed by atoms with E-state index in [1.54, 1.807) is 12.4 Å². The van der Waals surface area contributed by atoms with E-state index in [0.29, 0.717) is 6.04 Å². The zero-order valence-electron chi connectivity index (χ0n) is 10.6. The third kappa shape index (κ3) is 2.76. The maximum Gasteiger partial charge on any atom is 0.0717 e. The molecule has 0 amide bonds. The fourth-order valence-electron chi connectivity index (χ4n) is 2.46. The van der Waals surface area contributed by atoms with Crippen LogP contribution in [-0.4, -0.2) is 48.2 Å². The summed E-state index contributed by atoms with van der Waals surface area (Å²) in [4.78, 5) is 8.72. The van der Waals surface area contributed by atoms with Crippen LogP contribution in [0.4, 0.5) is 5.69 Å². The standard InChI is InChI=1S/C13H21N3O/c1-15-7-4-12(5-8-15)16(2)13-3-6-14-9-11(13)10-17/h3,6,9,12,17H,4-5,7-8,10H2,1-2H3. The van der Waals surface area contributed by atoms with Gasteiger partial charge in [-0.05, 0) is 39.0 Å². The quantitative estimate of drug-likeness (QED) is 0.852. The van der Waals surface area contributed by atoms with Gasteiger partial charge in [0.1, 0.15) is 0 Å². The van der Waals surface area contributed by atoms with Gasteiger partial charge in [-0.2, -0.15) is 0 Å². The van der Waals surface area contributed by atoms with Crippen LogP contribution in [0.25, 0.3) is 0 Å². The Balaban J connectivity index is 2.10. The first-order valence-corrected chi connectivity index (χ1v) is 6.17. The molecule has 4 heteroatoms. The highest BCUT2D eigenvalue weighted by Gasteiger charge is 2.21. The highest BCUT2D eigenvalue weighted by atomic mass is 16.3. The van der Waals surface area contributed by atoms with Crippen molar-refractivity contribution >= 4 is 5.69 Å². The molecule has 0 aromatic carbocycles. The van der Waals surface area contributed by atoms with Crippen LogP contribution in [0.15, 0.2) is 18.5 Å². The largest absolute Gasteiger partial charge is 0.392 e. The molecule has 0 unspecified atom stereocenters. The Morgan fingerprint density at radius 1 is 1.47 bits per heavy atom. The number of nitrogens with zero attached hydrogens (tertiary/aromatic N) is 3. The van der Waals surface area contributed by atoms with Crippen molar-refractivity contribution < 1.29 is 5.11 Å². The number of rotatable bonds is 3. The first kappa shape index (κ1) is 12.3. The maximum atomic E-state index is 9.33. The zero-order valence-corrected chi connectivity index (χ0v) is 10.6. The van der Waals surface area contributed by atoms with Gasteiger partial charge in [0.2, 0.25) is 0 Å². The van der Waals surface area contributed by atoms with Crippen molar-refractivity contribution in [1.82, 2.24) is 9.88 Å². The fraction of sp³-hybridized carbons (Fsp3) is 0.615. The normalized spacial score (nSPS) is 18.3. The molecule has 1 aliphatic rings. The van der Waals surface area contributed by atoms with Crippen molar-refractivity contribution in [3.63, 3.8) is 0 Å². The Labute approximate surface area is 103 Å². The number of piperidine rings is 1. The van der Waals surface area contributed by atoms with Crippen LogP contribution in [0.1, 0.15) is 18.4 Å². The first-order valence-electron chi connectivity index (χ1n) is 6.17. The number of likely N-dealkylation sites (tertiary alicyclic amines) is 1. The van der Waals surface area contributed by atoms with Gasteiger partial charge in [0, 0.05) is 36.7 Å². The van der Waals surface area contributed by atoms with Gasteiger partial charge in [0.05, 0.1) is 6.61 Å². The molecule has 1 saturated heterocycles. The number of aliphatic hydroxyl groups is 1. The Morgan fingerprint density at radius 3 is 2.82 bits per heavy atom. The van der Waals surface area contributed by atoms with Gasteiger partial charge in [0.15, 0.2) is 0 Å². The van der Waals surface area contributed by atoms with Gasteiger partial charge >= 0.3 is 0 Å². The minimum atomic E-state index is 0.0557. The molecule has 2 heterocycles. The van der Waals surface area contributed by atoms with E-state index in [1.165, 1.54) is 12.8 Å². The lowest BCUT2D eigenvalue weighted by atomic mass is 10.0. The maximum absolute atomic E-state index is 9.33. The minimum absolute atomic E-state index is 0.0557. The molecular formula is C13H21N3O. The summed E-state index contributed by atoms with van der Waals surface area (Å²) in [5, 5.41) is 9.33. The van der Waals surface area contributed by atoms with E-state index in [0.717, 1.165) is 24.3 Å². The van der Waals surface area contributed by atoms with Gasteiger partial charge in [-0.25, -0.2) is 0 Å². The van der Waals surface area contributed by atoms with Gasteiger partial charge < -0.3 is 14.9 Å². The molecule has 0 aliphatic carbocycles. The van der Waals surface area contributed by atoms with E-state index in [-0.39, 0.29) is 6.61 Å². The van der Waals surface area contributed by atoms with E-state index in [9.17, 15) is 5.11 Å². The van der Waals surface area contributed by atoms with E-state index in [1.807, 2.05) is 6.07 Å². The molecule has 1 aromatic heterocycles. The van der Waals surface area contributed by atoms with Gasteiger partial charge in [-0.15, -0.1) is 0 Å². The fourth-order valence-corrected chi connectivity index (χ4v) is 2.46.